The third-order valence-electron chi connectivity index (χ3n) is 3.31. The van der Waals surface area contributed by atoms with Crippen molar-refractivity contribution in [1.29, 1.82) is 0 Å². The summed E-state index contributed by atoms with van der Waals surface area (Å²) >= 11 is 0. The number of benzene rings is 1. The van der Waals surface area contributed by atoms with Crippen LogP contribution in [0.2, 0.25) is 0 Å². The van der Waals surface area contributed by atoms with E-state index in [1.165, 1.54) is 12.1 Å². The lowest BCUT2D eigenvalue weighted by atomic mass is 10.1. The van der Waals surface area contributed by atoms with Gasteiger partial charge in [0.15, 0.2) is 0 Å². The molecule has 128 valence electrons. The Balaban J connectivity index is 2.04. The van der Waals surface area contributed by atoms with Gasteiger partial charge in [0.25, 0.3) is 0 Å². The van der Waals surface area contributed by atoms with Gasteiger partial charge in [0.2, 0.25) is 5.91 Å². The molecular formula is C14H16F4N2O3. The number of hydrogen-bond acceptors (Lipinski definition) is 4. The molecule has 1 aliphatic rings. The highest BCUT2D eigenvalue weighted by Gasteiger charge is 2.22. The van der Waals surface area contributed by atoms with Crippen molar-refractivity contribution in [3.8, 4) is 11.5 Å². The number of hydrogen-bond donors (Lipinski definition) is 2. The van der Waals surface area contributed by atoms with E-state index < -0.39 is 13.2 Å². The topological polar surface area (TPSA) is 59.6 Å². The first-order chi connectivity index (χ1) is 11.0. The van der Waals surface area contributed by atoms with Crippen LogP contribution in [0.4, 0.5) is 17.6 Å². The molecule has 1 aromatic rings. The minimum atomic E-state index is -3.12. The summed E-state index contributed by atoms with van der Waals surface area (Å²) in [4.78, 5) is 11.9. The second-order valence-electron chi connectivity index (χ2n) is 4.89. The number of rotatable bonds is 7. The lowest BCUT2D eigenvalue weighted by molar-refractivity contribution is -0.122. The summed E-state index contributed by atoms with van der Waals surface area (Å²) < 4.78 is 57.6. The summed E-state index contributed by atoms with van der Waals surface area (Å²) in [6.07, 6.45) is 1.59. The Morgan fingerprint density at radius 3 is 2.61 bits per heavy atom. The van der Waals surface area contributed by atoms with E-state index in [-0.39, 0.29) is 35.6 Å². The first kappa shape index (κ1) is 17.3. The van der Waals surface area contributed by atoms with Crippen molar-refractivity contribution in [2.45, 2.75) is 38.7 Å². The van der Waals surface area contributed by atoms with Gasteiger partial charge >= 0.3 is 13.2 Å². The van der Waals surface area contributed by atoms with Gasteiger partial charge in [0, 0.05) is 18.2 Å². The molecule has 0 bridgehead atoms. The summed E-state index contributed by atoms with van der Waals surface area (Å²) in [7, 11) is 0. The number of ether oxygens (including phenoxy) is 2. The van der Waals surface area contributed by atoms with Gasteiger partial charge in [-0.05, 0) is 31.5 Å². The van der Waals surface area contributed by atoms with E-state index >= 15 is 0 Å². The molecule has 0 aliphatic carbocycles. The highest BCUT2D eigenvalue weighted by molar-refractivity contribution is 5.82. The molecule has 1 fully saturated rings. The van der Waals surface area contributed by atoms with E-state index in [2.05, 4.69) is 20.1 Å². The molecule has 1 heterocycles. The average molecular weight is 336 g/mol. The quantitative estimate of drug-likeness (QED) is 0.750. The second-order valence-corrected chi connectivity index (χ2v) is 4.89. The molecule has 0 spiro atoms. The Morgan fingerprint density at radius 2 is 2.00 bits per heavy atom. The van der Waals surface area contributed by atoms with Crippen LogP contribution in [0.15, 0.2) is 18.2 Å². The van der Waals surface area contributed by atoms with Crippen LogP contribution in [0.5, 0.6) is 11.5 Å². The predicted octanol–water partition coefficient (Wildman–Crippen LogP) is 2.26. The summed E-state index contributed by atoms with van der Waals surface area (Å²) in [5, 5.41) is 5.60. The average Bonchev–Trinajstić information content (AvgIpc) is 2.99. The van der Waals surface area contributed by atoms with Gasteiger partial charge in [-0.3, -0.25) is 4.79 Å². The molecule has 1 aliphatic heterocycles. The highest BCUT2D eigenvalue weighted by Crippen LogP contribution is 2.27. The molecule has 0 unspecified atom stereocenters. The SMILES string of the molecule is O=C(NCc1ccc(OC(F)F)cc1OC(F)F)[C@@H]1CCCN1. The first-order valence-corrected chi connectivity index (χ1v) is 6.99. The van der Waals surface area contributed by atoms with Gasteiger partial charge in [0.1, 0.15) is 11.5 Å². The fourth-order valence-corrected chi connectivity index (χ4v) is 2.28. The fraction of sp³-hybridized carbons (Fsp3) is 0.500. The molecule has 9 heteroatoms. The molecule has 2 N–H and O–H groups in total. The second kappa shape index (κ2) is 8.00. The Labute approximate surface area is 129 Å². The third kappa shape index (κ3) is 5.27. The molecule has 0 aromatic heterocycles. The van der Waals surface area contributed by atoms with Gasteiger partial charge in [-0.2, -0.15) is 17.6 Å². The Bertz CT molecular complexity index is 537. The molecule has 5 nitrogen and oxygen atoms in total. The molecule has 1 saturated heterocycles. The van der Waals surface area contributed by atoms with E-state index in [0.29, 0.717) is 6.42 Å². The summed E-state index contributed by atoms with van der Waals surface area (Å²) in [5.41, 5.74) is 0.235. The van der Waals surface area contributed by atoms with Crippen molar-refractivity contribution in [1.82, 2.24) is 10.6 Å². The molecule has 0 saturated carbocycles. The number of nitrogens with one attached hydrogen (secondary N) is 2. The molecule has 0 radical (unpaired) electrons. The van der Waals surface area contributed by atoms with Crippen molar-refractivity contribution in [3.63, 3.8) is 0 Å². The minimum Gasteiger partial charge on any atom is -0.435 e. The molecular weight excluding hydrogens is 320 g/mol. The smallest absolute Gasteiger partial charge is 0.387 e. The van der Waals surface area contributed by atoms with Crippen molar-refractivity contribution in [3.05, 3.63) is 23.8 Å². The monoisotopic (exact) mass is 336 g/mol. The number of carbonyl (C=O) groups is 1. The van der Waals surface area contributed by atoms with Crippen LogP contribution in [0.25, 0.3) is 0 Å². The van der Waals surface area contributed by atoms with E-state index in [1.807, 2.05) is 0 Å². The van der Waals surface area contributed by atoms with Crippen LogP contribution < -0.4 is 20.1 Å². The third-order valence-corrected chi connectivity index (χ3v) is 3.31. The van der Waals surface area contributed by atoms with Crippen LogP contribution in [0, 0.1) is 0 Å². The lowest BCUT2D eigenvalue weighted by Crippen LogP contribution is -2.40. The van der Waals surface area contributed by atoms with Gasteiger partial charge < -0.3 is 20.1 Å². The maximum atomic E-state index is 12.4. The van der Waals surface area contributed by atoms with Gasteiger partial charge in [-0.15, -0.1) is 0 Å². The molecule has 1 amide bonds. The highest BCUT2D eigenvalue weighted by atomic mass is 19.3. The van der Waals surface area contributed by atoms with Gasteiger partial charge in [-0.25, -0.2) is 0 Å². The van der Waals surface area contributed by atoms with Crippen molar-refractivity contribution < 1.29 is 31.8 Å². The molecule has 23 heavy (non-hydrogen) atoms. The lowest BCUT2D eigenvalue weighted by Gasteiger charge is -2.15. The normalized spacial score (nSPS) is 17.6. The summed E-state index contributed by atoms with van der Waals surface area (Å²) in [5.74, 6) is -0.876. The van der Waals surface area contributed by atoms with Crippen molar-refractivity contribution >= 4 is 5.91 Å². The number of amides is 1. The summed E-state index contributed by atoms with van der Waals surface area (Å²) in [6, 6.07) is 3.11. The predicted molar refractivity (Wildman–Crippen MR) is 72.6 cm³/mol. The number of alkyl halides is 4. The maximum absolute atomic E-state index is 12.4. The Kier molecular flexibility index (Phi) is 6.03. The van der Waals surface area contributed by atoms with E-state index in [0.717, 1.165) is 19.0 Å². The zero-order valence-electron chi connectivity index (χ0n) is 12.0. The van der Waals surface area contributed by atoms with Gasteiger partial charge in [0.05, 0.1) is 6.04 Å². The zero-order valence-corrected chi connectivity index (χ0v) is 12.0. The fourth-order valence-electron chi connectivity index (χ4n) is 2.28. The van der Waals surface area contributed by atoms with Gasteiger partial charge in [-0.1, -0.05) is 0 Å². The Hall–Kier alpha value is -2.03. The maximum Gasteiger partial charge on any atom is 0.387 e. The molecule has 1 aromatic carbocycles. The van der Waals surface area contributed by atoms with E-state index in [9.17, 15) is 22.4 Å². The molecule has 2 rings (SSSR count). The van der Waals surface area contributed by atoms with Crippen molar-refractivity contribution in [2.75, 3.05) is 6.54 Å². The van der Waals surface area contributed by atoms with Crippen LogP contribution in [0.1, 0.15) is 18.4 Å². The first-order valence-electron chi connectivity index (χ1n) is 6.99. The largest absolute Gasteiger partial charge is 0.435 e. The van der Waals surface area contributed by atoms with Crippen LogP contribution in [-0.4, -0.2) is 31.7 Å². The van der Waals surface area contributed by atoms with E-state index in [1.54, 1.807) is 0 Å². The molecule has 1 atom stereocenters. The van der Waals surface area contributed by atoms with Crippen LogP contribution >= 0.6 is 0 Å². The van der Waals surface area contributed by atoms with Crippen molar-refractivity contribution in [2.24, 2.45) is 0 Å². The minimum absolute atomic E-state index is 0.0615. The van der Waals surface area contributed by atoms with Crippen LogP contribution in [-0.2, 0) is 11.3 Å². The number of carbonyl (C=O) groups excluding carboxylic acids is 1. The van der Waals surface area contributed by atoms with Crippen LogP contribution in [0.3, 0.4) is 0 Å². The van der Waals surface area contributed by atoms with E-state index in [4.69, 9.17) is 0 Å². The Morgan fingerprint density at radius 1 is 1.26 bits per heavy atom. The summed E-state index contributed by atoms with van der Waals surface area (Å²) in [6.45, 7) is -5.51. The standard InChI is InChI=1S/C14H16F4N2O3/c15-13(16)22-9-4-3-8(11(6-9)23-14(17)18)7-20-12(21)10-2-1-5-19-10/h3-4,6,10,13-14,19H,1-2,5,7H2,(H,20,21)/t10-/m0/s1. The number of halogens is 4. The zero-order chi connectivity index (χ0) is 16.8.